The Bertz CT molecular complexity index is 1720. The number of hydrogen-bond acceptors (Lipinski definition) is 12. The number of nitrogens with one attached hydrogen (secondary N) is 2. The first kappa shape index (κ1) is 36.0. The van der Waals surface area contributed by atoms with E-state index in [0.29, 0.717) is 55.7 Å². The molecule has 12 heteroatoms. The zero-order valence-electron chi connectivity index (χ0n) is 32.2. The van der Waals surface area contributed by atoms with Crippen molar-refractivity contribution in [3.05, 3.63) is 23.7 Å². The predicted octanol–water partition coefficient (Wildman–Crippen LogP) is 3.75. The summed E-state index contributed by atoms with van der Waals surface area (Å²) in [5, 5.41) is 30.2. The number of epoxide rings is 1. The molecule has 4 saturated carbocycles. The van der Waals surface area contributed by atoms with Crippen molar-refractivity contribution in [3.8, 4) is 0 Å². The van der Waals surface area contributed by atoms with Crippen LogP contribution in [0.2, 0.25) is 0 Å². The minimum atomic E-state index is -1.43. The number of esters is 2. The summed E-state index contributed by atoms with van der Waals surface area (Å²) >= 11 is 0. The molecule has 10 rings (SSSR count). The summed E-state index contributed by atoms with van der Waals surface area (Å²) in [5.74, 6) is -0.392. The van der Waals surface area contributed by atoms with E-state index in [-0.39, 0.29) is 36.8 Å². The number of cyclic esters (lactones) is 2. The molecule has 54 heavy (non-hydrogen) atoms. The van der Waals surface area contributed by atoms with Gasteiger partial charge < -0.3 is 44.2 Å². The Morgan fingerprint density at radius 3 is 2.43 bits per heavy atom. The topological polar surface area (TPSA) is 169 Å². The molecule has 0 aromatic carbocycles. The first-order valence-electron chi connectivity index (χ1n) is 20.9. The van der Waals surface area contributed by atoms with Crippen molar-refractivity contribution in [1.29, 1.82) is 0 Å². The highest BCUT2D eigenvalue weighted by molar-refractivity contribution is 5.92. The molecule has 12 atom stereocenters. The summed E-state index contributed by atoms with van der Waals surface area (Å²) in [6, 6.07) is 2.40. The van der Waals surface area contributed by atoms with E-state index in [1.807, 2.05) is 26.8 Å². The highest BCUT2D eigenvalue weighted by atomic mass is 16.7. The minimum absolute atomic E-state index is 0.00172. The molecular weight excluding hydrogens is 692 g/mol. The second-order valence-corrected chi connectivity index (χ2v) is 19.8. The molecule has 0 amide bonds. The maximum atomic E-state index is 14.9. The molecule has 0 unspecified atom stereocenters. The third kappa shape index (κ3) is 4.28. The van der Waals surface area contributed by atoms with Crippen LogP contribution in [0.4, 0.5) is 0 Å². The van der Waals surface area contributed by atoms with Gasteiger partial charge in [-0.15, -0.1) is 0 Å². The Kier molecular flexibility index (Phi) is 7.90. The second kappa shape index (κ2) is 11.8. The normalized spacial score (nSPS) is 48.9. The van der Waals surface area contributed by atoms with Crippen molar-refractivity contribution < 1.29 is 48.0 Å². The van der Waals surface area contributed by atoms with E-state index in [4.69, 9.17) is 23.4 Å². The number of ether oxygens (including phenoxy) is 4. The molecule has 4 N–H and O–H groups in total. The van der Waals surface area contributed by atoms with Crippen LogP contribution in [0.5, 0.6) is 0 Å². The van der Waals surface area contributed by atoms with Crippen LogP contribution in [0.15, 0.2) is 16.7 Å². The number of Topliss-reactive ketones (excluding diaryl/α,β-unsaturated/α-hetero) is 1. The largest absolute Gasteiger partial charge is 0.469 e. The molecule has 4 aliphatic carbocycles. The Labute approximate surface area is 317 Å². The average Bonchev–Trinajstić information content (AvgIpc) is 3.63. The van der Waals surface area contributed by atoms with Gasteiger partial charge in [0.15, 0.2) is 11.9 Å². The lowest BCUT2D eigenvalue weighted by molar-refractivity contribution is -0.264. The highest BCUT2D eigenvalue weighted by Crippen LogP contribution is 2.81. The zero-order chi connectivity index (χ0) is 37.6. The van der Waals surface area contributed by atoms with Crippen molar-refractivity contribution >= 4 is 17.7 Å². The van der Waals surface area contributed by atoms with Crippen LogP contribution >= 0.6 is 0 Å². The highest BCUT2D eigenvalue weighted by Gasteiger charge is 2.91. The predicted molar refractivity (Wildman–Crippen MR) is 191 cm³/mol. The van der Waals surface area contributed by atoms with Gasteiger partial charge in [-0.05, 0) is 95.0 Å². The number of hydrogen-bond donors (Lipinski definition) is 4. The zero-order valence-corrected chi connectivity index (χ0v) is 32.2. The Hall–Kier alpha value is -2.35. The van der Waals surface area contributed by atoms with E-state index in [9.17, 15) is 24.6 Å². The van der Waals surface area contributed by atoms with E-state index >= 15 is 0 Å². The van der Waals surface area contributed by atoms with Gasteiger partial charge in [0.25, 0.3) is 0 Å². The van der Waals surface area contributed by atoms with Gasteiger partial charge >= 0.3 is 11.9 Å². The second-order valence-electron chi connectivity index (χ2n) is 19.8. The SMILES string of the molecule is CC1(C)O[C@H]2C3(CCCC3)C(=O)OC[C@@]23[C@@H]1C(=O)[C@@H](O)[C@]1(C)[C@@H]3CC[C@@]2(C)[C@H](c3ccoc3C[C@H](CO)C3CCC([C@H]4CNCN4)CC3)OC(=O)[C@H]3O[C@@]312. The van der Waals surface area contributed by atoms with Crippen molar-refractivity contribution in [1.82, 2.24) is 10.6 Å². The molecule has 1 aromatic rings. The van der Waals surface area contributed by atoms with Gasteiger partial charge in [-0.3, -0.25) is 9.59 Å². The Morgan fingerprint density at radius 2 is 1.72 bits per heavy atom. The summed E-state index contributed by atoms with van der Waals surface area (Å²) in [6.07, 6.45) is 7.09. The number of carbonyl (C=O) groups excluding carboxylic acids is 3. The third-order valence-corrected chi connectivity index (χ3v) is 17.4. The molecule has 0 bridgehead atoms. The first-order valence-corrected chi connectivity index (χ1v) is 20.9. The van der Waals surface area contributed by atoms with Crippen LogP contribution in [-0.4, -0.2) is 89.9 Å². The van der Waals surface area contributed by atoms with Gasteiger partial charge in [-0.1, -0.05) is 26.7 Å². The molecule has 3 spiro atoms. The number of aliphatic hydroxyl groups excluding tert-OH is 2. The lowest BCUT2D eigenvalue weighted by atomic mass is 9.35. The van der Waals surface area contributed by atoms with Gasteiger partial charge in [-0.25, -0.2) is 4.79 Å². The summed E-state index contributed by atoms with van der Waals surface area (Å²) in [5.41, 5.74) is -5.13. The van der Waals surface area contributed by atoms with Gasteiger partial charge in [0.05, 0.1) is 29.3 Å². The molecule has 5 aliphatic heterocycles. The van der Waals surface area contributed by atoms with Crippen molar-refractivity contribution in [3.63, 3.8) is 0 Å². The lowest BCUT2D eigenvalue weighted by Crippen LogP contribution is -2.77. The van der Waals surface area contributed by atoms with Crippen LogP contribution in [0.25, 0.3) is 0 Å². The molecule has 9 fully saturated rings. The number of rotatable bonds is 6. The molecule has 9 aliphatic rings. The van der Waals surface area contributed by atoms with Gasteiger partial charge in [-0.2, -0.15) is 0 Å². The average molecular weight is 751 g/mol. The summed E-state index contributed by atoms with van der Waals surface area (Å²) in [4.78, 5) is 42.7. The van der Waals surface area contributed by atoms with E-state index in [0.717, 1.165) is 57.3 Å². The quantitative estimate of drug-likeness (QED) is 0.246. The van der Waals surface area contributed by atoms with E-state index in [1.54, 1.807) is 6.26 Å². The summed E-state index contributed by atoms with van der Waals surface area (Å²) in [7, 11) is 0. The van der Waals surface area contributed by atoms with E-state index in [2.05, 4.69) is 17.6 Å². The number of aliphatic hydroxyl groups is 2. The molecular formula is C42H58N2O10. The third-order valence-electron chi connectivity index (χ3n) is 17.4. The fraction of sp³-hybridized carbons (Fsp3) is 0.833. The molecule has 1 aromatic heterocycles. The van der Waals surface area contributed by atoms with Crippen LogP contribution in [0, 0.1) is 51.2 Å². The first-order chi connectivity index (χ1) is 25.8. The molecule has 296 valence electrons. The van der Waals surface area contributed by atoms with E-state index < -0.39 is 69.2 Å². The monoisotopic (exact) mass is 750 g/mol. The van der Waals surface area contributed by atoms with Gasteiger partial charge in [0.2, 0.25) is 0 Å². The smallest absolute Gasteiger partial charge is 0.339 e. The summed E-state index contributed by atoms with van der Waals surface area (Å²) in [6.45, 7) is 9.83. The fourth-order valence-corrected chi connectivity index (χ4v) is 15.0. The molecule has 12 nitrogen and oxygen atoms in total. The molecule has 6 heterocycles. The van der Waals surface area contributed by atoms with Gasteiger partial charge in [0, 0.05) is 54.1 Å². The maximum absolute atomic E-state index is 14.9. The number of ketones is 1. The Balaban J connectivity index is 0.996. The fourth-order valence-electron chi connectivity index (χ4n) is 15.0. The molecule has 0 radical (unpaired) electrons. The van der Waals surface area contributed by atoms with E-state index in [1.165, 1.54) is 0 Å². The van der Waals surface area contributed by atoms with Crippen molar-refractivity contribution in [2.75, 3.05) is 26.4 Å². The standard InChI is InChI=1S/C42H58N2O10/c1-37(2)30-29(46)31(47)39(4)28(41(30)20-51-36(49)40(35(41)54-37)13-5-6-14-40)11-15-38(3)32(52-34(48)33-42(38,39)53-33)25-12-16-50-27(25)17-24(19-45)22-7-9-23(10-8-22)26-18-43-21-44-26/h12,16,22-24,26,28,30-33,35,43-45,47H,5-11,13-15,17-21H2,1-4H3/t22?,23?,24-,26-,28+,30-,31-,32+,33-,35+,38+,39+,41-,42-/m1/s1. The summed E-state index contributed by atoms with van der Waals surface area (Å²) < 4.78 is 32.4. The number of fused-ring (bicyclic) bond motifs is 2. The maximum Gasteiger partial charge on any atom is 0.339 e. The van der Waals surface area contributed by atoms with Crippen LogP contribution in [-0.2, 0) is 39.8 Å². The van der Waals surface area contributed by atoms with Crippen molar-refractivity contribution in [2.24, 2.45) is 51.2 Å². The number of carbonyl (C=O) groups is 3. The number of furan rings is 1. The minimum Gasteiger partial charge on any atom is -0.469 e. The van der Waals surface area contributed by atoms with Gasteiger partial charge in [0.1, 0.15) is 30.2 Å². The van der Waals surface area contributed by atoms with Crippen LogP contribution in [0.3, 0.4) is 0 Å². The molecule has 5 saturated heterocycles. The lowest BCUT2D eigenvalue weighted by Gasteiger charge is -2.67. The van der Waals surface area contributed by atoms with Crippen molar-refractivity contribution in [2.45, 2.75) is 140 Å². The van der Waals surface area contributed by atoms with Crippen LogP contribution < -0.4 is 10.6 Å². The Morgan fingerprint density at radius 1 is 0.963 bits per heavy atom. The van der Waals surface area contributed by atoms with Crippen LogP contribution in [0.1, 0.15) is 109 Å².